The highest BCUT2D eigenvalue weighted by atomic mass is 35.5. The number of aromatic nitrogens is 2. The summed E-state index contributed by atoms with van der Waals surface area (Å²) in [5.74, 6) is 0. The van der Waals surface area contributed by atoms with Gasteiger partial charge in [-0.05, 0) is 18.2 Å². The Bertz CT molecular complexity index is 884. The maximum atomic E-state index is 12.4. The minimum Gasteiger partial charge on any atom is -0.311 e. The Morgan fingerprint density at radius 2 is 2.05 bits per heavy atom. The summed E-state index contributed by atoms with van der Waals surface area (Å²) in [5.41, 5.74) is 0.642. The predicted octanol–water partition coefficient (Wildman–Crippen LogP) is 2.55. The molecule has 1 aromatic carbocycles. The molecule has 19 heavy (non-hydrogen) atoms. The van der Waals surface area contributed by atoms with E-state index in [2.05, 4.69) is 4.98 Å². The third-order valence-corrected chi connectivity index (χ3v) is 3.46. The molecule has 4 nitrogen and oxygen atoms in total. The fourth-order valence-corrected chi connectivity index (χ4v) is 2.47. The number of fused-ring (bicyclic) bond motifs is 3. The molecule has 0 N–H and O–H groups in total. The number of aldehydes is 1. The van der Waals surface area contributed by atoms with Crippen LogP contribution in [0.1, 0.15) is 10.5 Å². The lowest BCUT2D eigenvalue weighted by atomic mass is 10.1. The van der Waals surface area contributed by atoms with E-state index in [1.54, 1.807) is 25.2 Å². The highest BCUT2D eigenvalue weighted by molar-refractivity contribution is 6.31. The van der Waals surface area contributed by atoms with Crippen molar-refractivity contribution in [2.45, 2.75) is 0 Å². The first-order valence-electron chi connectivity index (χ1n) is 5.65. The van der Waals surface area contributed by atoms with Crippen LogP contribution in [0, 0.1) is 0 Å². The van der Waals surface area contributed by atoms with Gasteiger partial charge in [0.05, 0.1) is 10.9 Å². The number of nitrogens with zero attached hydrogens (tertiary/aromatic N) is 2. The molecular weight excluding hydrogens is 264 g/mol. The molecule has 0 saturated carbocycles. The first kappa shape index (κ1) is 11.9. The summed E-state index contributed by atoms with van der Waals surface area (Å²) in [6, 6.07) is 7.07. The van der Waals surface area contributed by atoms with Crippen LogP contribution in [0.2, 0.25) is 5.02 Å². The van der Waals surface area contributed by atoms with Gasteiger partial charge in [-0.1, -0.05) is 17.7 Å². The number of pyridine rings is 2. The summed E-state index contributed by atoms with van der Waals surface area (Å²) >= 11 is 5.97. The smallest absolute Gasteiger partial charge is 0.260 e. The van der Waals surface area contributed by atoms with E-state index in [0.29, 0.717) is 22.1 Å². The van der Waals surface area contributed by atoms with Crippen LogP contribution >= 0.6 is 11.6 Å². The van der Waals surface area contributed by atoms with E-state index in [1.807, 2.05) is 6.07 Å². The van der Waals surface area contributed by atoms with Crippen LogP contribution in [0.5, 0.6) is 0 Å². The van der Waals surface area contributed by atoms with Crippen molar-refractivity contribution < 1.29 is 4.79 Å². The molecule has 3 rings (SSSR count). The van der Waals surface area contributed by atoms with Crippen molar-refractivity contribution in [2.24, 2.45) is 7.05 Å². The fourth-order valence-electron chi connectivity index (χ4n) is 2.30. The first-order valence-corrected chi connectivity index (χ1v) is 6.03. The molecule has 0 radical (unpaired) electrons. The van der Waals surface area contributed by atoms with Gasteiger partial charge >= 0.3 is 0 Å². The van der Waals surface area contributed by atoms with Gasteiger partial charge in [0.2, 0.25) is 0 Å². The summed E-state index contributed by atoms with van der Waals surface area (Å²) in [7, 11) is 1.65. The molecular formula is C14H9ClN2O2. The molecule has 0 fully saturated rings. The minimum atomic E-state index is -0.250. The van der Waals surface area contributed by atoms with Crippen molar-refractivity contribution in [3.8, 4) is 0 Å². The summed E-state index contributed by atoms with van der Waals surface area (Å²) in [6.45, 7) is 0. The van der Waals surface area contributed by atoms with Crippen molar-refractivity contribution in [1.82, 2.24) is 9.55 Å². The monoisotopic (exact) mass is 272 g/mol. The third kappa shape index (κ3) is 1.64. The van der Waals surface area contributed by atoms with Crippen molar-refractivity contribution in [3.05, 3.63) is 51.5 Å². The molecule has 0 saturated heterocycles. The Morgan fingerprint density at radius 3 is 2.79 bits per heavy atom. The topological polar surface area (TPSA) is 52.0 Å². The normalized spacial score (nSPS) is 11.1. The van der Waals surface area contributed by atoms with Gasteiger partial charge in [-0.3, -0.25) is 14.6 Å². The highest BCUT2D eigenvalue weighted by Crippen LogP contribution is 2.25. The largest absolute Gasteiger partial charge is 0.311 e. The predicted molar refractivity (Wildman–Crippen MR) is 74.9 cm³/mol. The SMILES string of the molecule is Cn1c(=O)c2c(C=O)nccc2c2ccc(Cl)cc21. The van der Waals surface area contributed by atoms with Gasteiger partial charge in [0, 0.05) is 29.0 Å². The molecule has 2 aromatic heterocycles. The Kier molecular flexibility index (Phi) is 2.61. The van der Waals surface area contributed by atoms with Crippen LogP contribution in [0.25, 0.3) is 21.7 Å². The number of carbonyl (C=O) groups is 1. The number of benzene rings is 1. The summed E-state index contributed by atoms with van der Waals surface area (Å²) < 4.78 is 1.48. The van der Waals surface area contributed by atoms with E-state index >= 15 is 0 Å². The molecule has 2 heterocycles. The van der Waals surface area contributed by atoms with Gasteiger partial charge in [-0.15, -0.1) is 0 Å². The number of aryl methyl sites for hydroxylation is 1. The van der Waals surface area contributed by atoms with E-state index in [4.69, 9.17) is 11.6 Å². The molecule has 0 bridgehead atoms. The zero-order chi connectivity index (χ0) is 13.6. The average molecular weight is 273 g/mol. The lowest BCUT2D eigenvalue weighted by molar-refractivity contribution is 0.112. The van der Waals surface area contributed by atoms with Gasteiger partial charge in [-0.2, -0.15) is 0 Å². The molecule has 0 unspecified atom stereocenters. The molecule has 0 aliphatic carbocycles. The number of carbonyl (C=O) groups excluding carboxylic acids is 1. The lowest BCUT2D eigenvalue weighted by Crippen LogP contribution is -2.19. The van der Waals surface area contributed by atoms with Crippen LogP contribution < -0.4 is 5.56 Å². The maximum absolute atomic E-state index is 12.4. The minimum absolute atomic E-state index is 0.162. The molecule has 5 heteroatoms. The quantitative estimate of drug-likeness (QED) is 0.505. The number of hydrogen-bond acceptors (Lipinski definition) is 3. The zero-order valence-electron chi connectivity index (χ0n) is 10.1. The van der Waals surface area contributed by atoms with Crippen molar-refractivity contribution in [1.29, 1.82) is 0 Å². The molecule has 0 aliphatic rings. The summed E-state index contributed by atoms with van der Waals surface area (Å²) in [6.07, 6.45) is 2.13. The number of rotatable bonds is 1. The van der Waals surface area contributed by atoms with E-state index in [-0.39, 0.29) is 11.3 Å². The van der Waals surface area contributed by atoms with Crippen molar-refractivity contribution in [2.75, 3.05) is 0 Å². The van der Waals surface area contributed by atoms with Crippen LogP contribution in [0.3, 0.4) is 0 Å². The second kappa shape index (κ2) is 4.17. The zero-order valence-corrected chi connectivity index (χ0v) is 10.8. The van der Waals surface area contributed by atoms with Gasteiger partial charge in [-0.25, -0.2) is 0 Å². The van der Waals surface area contributed by atoms with Crippen molar-refractivity contribution in [3.63, 3.8) is 0 Å². The van der Waals surface area contributed by atoms with E-state index in [9.17, 15) is 9.59 Å². The molecule has 94 valence electrons. The van der Waals surface area contributed by atoms with Crippen LogP contribution in [0.4, 0.5) is 0 Å². The Labute approximate surface area is 113 Å². The second-order valence-corrected chi connectivity index (χ2v) is 4.70. The van der Waals surface area contributed by atoms with E-state index < -0.39 is 0 Å². The fraction of sp³-hybridized carbons (Fsp3) is 0.0714. The molecule has 0 aliphatic heterocycles. The molecule has 0 amide bonds. The molecule has 0 atom stereocenters. The van der Waals surface area contributed by atoms with Gasteiger partial charge in [0.15, 0.2) is 6.29 Å². The average Bonchev–Trinajstić information content (AvgIpc) is 2.43. The van der Waals surface area contributed by atoms with Crippen molar-refractivity contribution >= 4 is 39.6 Å². The standard InChI is InChI=1S/C14H9ClN2O2/c1-17-12-6-8(15)2-3-9(12)10-4-5-16-11(7-18)13(10)14(17)19/h2-7H,1H3. The summed E-state index contributed by atoms with van der Waals surface area (Å²) in [4.78, 5) is 27.3. The lowest BCUT2D eigenvalue weighted by Gasteiger charge is -2.09. The number of hydrogen-bond donors (Lipinski definition) is 0. The molecule has 0 spiro atoms. The Balaban J connectivity index is 2.70. The molecule has 3 aromatic rings. The van der Waals surface area contributed by atoms with Crippen LogP contribution in [-0.4, -0.2) is 15.8 Å². The van der Waals surface area contributed by atoms with Crippen LogP contribution in [0.15, 0.2) is 35.3 Å². The highest BCUT2D eigenvalue weighted by Gasteiger charge is 2.12. The second-order valence-electron chi connectivity index (χ2n) is 4.26. The van der Waals surface area contributed by atoms with Crippen LogP contribution in [-0.2, 0) is 7.05 Å². The van der Waals surface area contributed by atoms with E-state index in [1.165, 1.54) is 10.8 Å². The van der Waals surface area contributed by atoms with Gasteiger partial charge in [0.25, 0.3) is 5.56 Å². The summed E-state index contributed by atoms with van der Waals surface area (Å²) in [5, 5.41) is 2.49. The van der Waals surface area contributed by atoms with E-state index in [0.717, 1.165) is 10.9 Å². The Morgan fingerprint density at radius 1 is 1.26 bits per heavy atom. The number of halogens is 1. The first-order chi connectivity index (χ1) is 9.13. The van der Waals surface area contributed by atoms with Gasteiger partial charge < -0.3 is 4.57 Å². The third-order valence-electron chi connectivity index (χ3n) is 3.22. The Hall–Kier alpha value is -2.20. The maximum Gasteiger partial charge on any atom is 0.260 e. The van der Waals surface area contributed by atoms with Gasteiger partial charge in [0.1, 0.15) is 5.69 Å².